The molecule has 0 saturated carbocycles. The second-order valence-electron chi connectivity index (χ2n) is 6.99. The Labute approximate surface area is 184 Å². The van der Waals surface area contributed by atoms with Gasteiger partial charge < -0.3 is 14.0 Å². The minimum Gasteiger partial charge on any atom is -0.465 e. The normalized spacial score (nSPS) is 10.4. The van der Waals surface area contributed by atoms with Gasteiger partial charge in [0.1, 0.15) is 24.7 Å². The first-order valence-electron chi connectivity index (χ1n) is 10.1. The first kappa shape index (κ1) is 22.7. The molecule has 0 aliphatic rings. The van der Waals surface area contributed by atoms with Crippen molar-refractivity contribution in [3.63, 3.8) is 0 Å². The molecule has 32 heavy (non-hydrogen) atoms. The lowest BCUT2D eigenvalue weighted by Crippen LogP contribution is -2.29. The van der Waals surface area contributed by atoms with Crippen LogP contribution in [0.4, 0.5) is 14.9 Å². The van der Waals surface area contributed by atoms with E-state index in [2.05, 4.69) is 5.32 Å². The number of anilines is 1. The summed E-state index contributed by atoms with van der Waals surface area (Å²) < 4.78 is 24.5. The standard InChI is InChI=1S/C24H23FN2O5/c1-2-31-22(28)15-27-14-19(12-17-8-10-20(25)11-9-17)13-21(23(27)29)26-24(30)32-16-18-6-4-3-5-7-18/h3-11,13-14H,2,12,15-16H2,1H3,(H,26,30). The summed E-state index contributed by atoms with van der Waals surface area (Å²) in [5.41, 5.74) is 1.63. The lowest BCUT2D eigenvalue weighted by Gasteiger charge is -2.13. The van der Waals surface area contributed by atoms with Gasteiger partial charge in [-0.2, -0.15) is 0 Å². The van der Waals surface area contributed by atoms with Gasteiger partial charge in [0.15, 0.2) is 0 Å². The number of amides is 1. The van der Waals surface area contributed by atoms with E-state index in [4.69, 9.17) is 9.47 Å². The van der Waals surface area contributed by atoms with Gasteiger partial charge >= 0.3 is 12.1 Å². The fourth-order valence-electron chi connectivity index (χ4n) is 3.05. The molecule has 0 radical (unpaired) electrons. The number of benzene rings is 2. The maximum absolute atomic E-state index is 13.2. The number of aromatic nitrogens is 1. The zero-order valence-corrected chi connectivity index (χ0v) is 17.5. The molecule has 7 nitrogen and oxygen atoms in total. The molecular weight excluding hydrogens is 415 g/mol. The highest BCUT2D eigenvalue weighted by molar-refractivity contribution is 5.84. The predicted molar refractivity (Wildman–Crippen MR) is 117 cm³/mol. The van der Waals surface area contributed by atoms with E-state index in [0.29, 0.717) is 12.0 Å². The fourth-order valence-corrected chi connectivity index (χ4v) is 3.05. The average Bonchev–Trinajstić information content (AvgIpc) is 2.78. The number of rotatable bonds is 8. The quantitative estimate of drug-likeness (QED) is 0.539. The van der Waals surface area contributed by atoms with Crippen molar-refractivity contribution in [1.29, 1.82) is 0 Å². The molecule has 0 spiro atoms. The zero-order chi connectivity index (χ0) is 22.9. The van der Waals surface area contributed by atoms with Gasteiger partial charge in [-0.25, -0.2) is 9.18 Å². The molecule has 1 amide bonds. The molecule has 0 aliphatic carbocycles. The van der Waals surface area contributed by atoms with E-state index >= 15 is 0 Å². The van der Waals surface area contributed by atoms with E-state index in [1.54, 1.807) is 19.1 Å². The third-order valence-electron chi connectivity index (χ3n) is 4.52. The maximum atomic E-state index is 13.2. The number of halogens is 1. The molecule has 0 unspecified atom stereocenters. The topological polar surface area (TPSA) is 86.6 Å². The van der Waals surface area contributed by atoms with Gasteiger partial charge in [-0.15, -0.1) is 0 Å². The summed E-state index contributed by atoms with van der Waals surface area (Å²) in [6, 6.07) is 16.5. The van der Waals surface area contributed by atoms with Crippen LogP contribution in [-0.4, -0.2) is 23.2 Å². The van der Waals surface area contributed by atoms with Crippen LogP contribution in [0.15, 0.2) is 71.7 Å². The summed E-state index contributed by atoms with van der Waals surface area (Å²) in [7, 11) is 0. The number of carbonyl (C=O) groups excluding carboxylic acids is 2. The number of pyridine rings is 1. The van der Waals surface area contributed by atoms with Gasteiger partial charge in [0, 0.05) is 6.20 Å². The Balaban J connectivity index is 1.81. The van der Waals surface area contributed by atoms with Crippen molar-refractivity contribution in [2.45, 2.75) is 26.5 Å². The molecule has 1 N–H and O–H groups in total. The van der Waals surface area contributed by atoms with E-state index in [1.807, 2.05) is 30.3 Å². The molecule has 3 aromatic rings. The minimum atomic E-state index is -0.799. The van der Waals surface area contributed by atoms with E-state index in [-0.39, 0.29) is 31.3 Å². The Morgan fingerprint density at radius 1 is 0.969 bits per heavy atom. The molecule has 0 aliphatic heterocycles. The summed E-state index contributed by atoms with van der Waals surface area (Å²) in [5, 5.41) is 2.45. The second kappa shape index (κ2) is 10.9. The Morgan fingerprint density at radius 2 is 1.69 bits per heavy atom. The van der Waals surface area contributed by atoms with E-state index in [9.17, 15) is 18.8 Å². The van der Waals surface area contributed by atoms with Gasteiger partial charge in [-0.05, 0) is 48.2 Å². The number of nitrogens with one attached hydrogen (secondary N) is 1. The van der Waals surface area contributed by atoms with Gasteiger partial charge in [0.25, 0.3) is 5.56 Å². The zero-order valence-electron chi connectivity index (χ0n) is 17.5. The Bertz CT molecular complexity index is 1130. The van der Waals surface area contributed by atoms with Gasteiger partial charge in [0.05, 0.1) is 6.61 Å². The molecule has 2 aromatic carbocycles. The largest absolute Gasteiger partial charge is 0.465 e. The lowest BCUT2D eigenvalue weighted by molar-refractivity contribution is -0.143. The molecule has 0 fully saturated rings. The van der Waals surface area contributed by atoms with Crippen molar-refractivity contribution in [3.8, 4) is 0 Å². The summed E-state index contributed by atoms with van der Waals surface area (Å²) in [6.07, 6.45) is 1.08. The maximum Gasteiger partial charge on any atom is 0.412 e. The van der Waals surface area contributed by atoms with E-state index < -0.39 is 17.6 Å². The third-order valence-corrected chi connectivity index (χ3v) is 4.52. The molecule has 0 atom stereocenters. The summed E-state index contributed by atoms with van der Waals surface area (Å²) in [4.78, 5) is 37.0. The van der Waals surface area contributed by atoms with Crippen LogP contribution < -0.4 is 10.9 Å². The van der Waals surface area contributed by atoms with E-state index in [0.717, 1.165) is 11.1 Å². The highest BCUT2D eigenvalue weighted by Crippen LogP contribution is 2.14. The molecule has 8 heteroatoms. The number of nitrogens with zero attached hydrogens (tertiary/aromatic N) is 1. The molecule has 166 valence electrons. The highest BCUT2D eigenvalue weighted by atomic mass is 19.1. The van der Waals surface area contributed by atoms with Crippen molar-refractivity contribution in [3.05, 3.63) is 99.7 Å². The monoisotopic (exact) mass is 438 g/mol. The number of ether oxygens (including phenoxy) is 2. The smallest absolute Gasteiger partial charge is 0.412 e. The van der Waals surface area contributed by atoms with Crippen molar-refractivity contribution in [1.82, 2.24) is 4.57 Å². The van der Waals surface area contributed by atoms with Crippen LogP contribution in [-0.2, 0) is 33.8 Å². The van der Waals surface area contributed by atoms with Crippen molar-refractivity contribution < 1.29 is 23.5 Å². The third kappa shape index (κ3) is 6.53. The van der Waals surface area contributed by atoms with Crippen molar-refractivity contribution in [2.75, 3.05) is 11.9 Å². The average molecular weight is 438 g/mol. The Kier molecular flexibility index (Phi) is 7.75. The summed E-state index contributed by atoms with van der Waals surface area (Å²) >= 11 is 0. The van der Waals surface area contributed by atoms with Crippen molar-refractivity contribution >= 4 is 17.7 Å². The van der Waals surface area contributed by atoms with Gasteiger partial charge in [-0.3, -0.25) is 14.9 Å². The van der Waals surface area contributed by atoms with Crippen LogP contribution in [0.5, 0.6) is 0 Å². The number of esters is 1. The Hall–Kier alpha value is -3.94. The Morgan fingerprint density at radius 3 is 2.38 bits per heavy atom. The van der Waals surface area contributed by atoms with Gasteiger partial charge in [-0.1, -0.05) is 42.5 Å². The molecule has 0 saturated heterocycles. The van der Waals surface area contributed by atoms with Crippen LogP contribution in [0.3, 0.4) is 0 Å². The molecular formula is C24H23FN2O5. The number of carbonyl (C=O) groups is 2. The van der Waals surface area contributed by atoms with Crippen LogP contribution in [0.1, 0.15) is 23.6 Å². The van der Waals surface area contributed by atoms with Crippen LogP contribution in [0.25, 0.3) is 0 Å². The fraction of sp³-hybridized carbons (Fsp3) is 0.208. The summed E-state index contributed by atoms with van der Waals surface area (Å²) in [6.45, 7) is 1.58. The van der Waals surface area contributed by atoms with Crippen LogP contribution in [0, 0.1) is 5.82 Å². The minimum absolute atomic E-state index is 0.0352. The number of hydrogen-bond donors (Lipinski definition) is 1. The number of hydrogen-bond acceptors (Lipinski definition) is 5. The van der Waals surface area contributed by atoms with Crippen molar-refractivity contribution in [2.24, 2.45) is 0 Å². The summed E-state index contributed by atoms with van der Waals surface area (Å²) in [5.74, 6) is -0.935. The first-order chi connectivity index (χ1) is 15.4. The second-order valence-corrected chi connectivity index (χ2v) is 6.99. The van der Waals surface area contributed by atoms with Crippen LogP contribution in [0.2, 0.25) is 0 Å². The SMILES string of the molecule is CCOC(=O)Cn1cc(Cc2ccc(F)cc2)cc(NC(=O)OCc2ccccc2)c1=O. The molecule has 1 aromatic heterocycles. The predicted octanol–water partition coefficient (Wildman–Crippen LogP) is 3.89. The van der Waals surface area contributed by atoms with E-state index in [1.165, 1.54) is 29.0 Å². The molecule has 0 bridgehead atoms. The first-order valence-corrected chi connectivity index (χ1v) is 10.1. The molecule has 1 heterocycles. The van der Waals surface area contributed by atoms with Gasteiger partial charge in [0.2, 0.25) is 0 Å². The lowest BCUT2D eigenvalue weighted by atomic mass is 10.1. The highest BCUT2D eigenvalue weighted by Gasteiger charge is 2.14. The van der Waals surface area contributed by atoms with Crippen LogP contribution >= 0.6 is 0 Å². The molecule has 3 rings (SSSR count).